The second-order valence-corrected chi connectivity index (χ2v) is 7.07. The molecule has 3 heterocycles. The summed E-state index contributed by atoms with van der Waals surface area (Å²) in [4.78, 5) is 20.6. The van der Waals surface area contributed by atoms with E-state index in [1.807, 2.05) is 30.3 Å². The highest BCUT2D eigenvalue weighted by atomic mass is 16.6. The third-order valence-corrected chi connectivity index (χ3v) is 4.80. The average molecular weight is 396 g/mol. The number of fused-ring (bicyclic) bond motifs is 1. The molecule has 1 unspecified atom stereocenters. The van der Waals surface area contributed by atoms with Crippen LogP contribution in [0.4, 0.5) is 0 Å². The molecular weight excluding hydrogens is 372 g/mol. The predicted octanol–water partition coefficient (Wildman–Crippen LogP) is 2.01. The monoisotopic (exact) mass is 396 g/mol. The molecule has 3 aromatic rings. The van der Waals surface area contributed by atoms with Crippen LogP contribution < -0.4 is 15.2 Å². The van der Waals surface area contributed by atoms with Gasteiger partial charge >= 0.3 is 5.69 Å². The van der Waals surface area contributed by atoms with Crippen LogP contribution in [0.25, 0.3) is 0 Å². The molecule has 4 rings (SSSR count). The Balaban J connectivity index is 1.39. The van der Waals surface area contributed by atoms with Gasteiger partial charge in [0.05, 0.1) is 6.20 Å². The van der Waals surface area contributed by atoms with Crippen LogP contribution in [0, 0.1) is 0 Å². The molecular formula is C21H24N4O4. The maximum Gasteiger partial charge on any atom is 0.328 e. The van der Waals surface area contributed by atoms with E-state index in [2.05, 4.69) is 27.0 Å². The van der Waals surface area contributed by atoms with Crippen molar-refractivity contribution in [2.24, 2.45) is 0 Å². The number of pyridine rings is 1. The van der Waals surface area contributed by atoms with Gasteiger partial charge in [0.15, 0.2) is 5.75 Å². The second kappa shape index (κ2) is 8.83. The minimum atomic E-state index is -0.302. The number of aromatic nitrogens is 3. The number of aromatic hydroxyl groups is 1. The van der Waals surface area contributed by atoms with E-state index in [1.165, 1.54) is 16.3 Å². The number of H-pyrrole nitrogens is 1. The van der Waals surface area contributed by atoms with Crippen molar-refractivity contribution >= 4 is 0 Å². The Labute approximate surface area is 168 Å². The summed E-state index contributed by atoms with van der Waals surface area (Å²) < 4.78 is 13.3. The quantitative estimate of drug-likeness (QED) is 0.605. The Morgan fingerprint density at radius 2 is 2.10 bits per heavy atom. The second-order valence-electron chi connectivity index (χ2n) is 7.07. The molecule has 2 aromatic heterocycles. The Morgan fingerprint density at radius 1 is 1.24 bits per heavy atom. The minimum Gasteiger partial charge on any atom is -0.493 e. The molecule has 0 radical (unpaired) electrons. The van der Waals surface area contributed by atoms with Crippen molar-refractivity contribution in [2.45, 2.75) is 25.6 Å². The fourth-order valence-electron chi connectivity index (χ4n) is 3.45. The zero-order chi connectivity index (χ0) is 20.1. The van der Waals surface area contributed by atoms with Gasteiger partial charge in [-0.1, -0.05) is 30.3 Å². The number of hydrogen-bond donors (Lipinski definition) is 2. The number of hydrogen-bond acceptors (Lipinski definition) is 6. The van der Waals surface area contributed by atoms with E-state index in [1.54, 1.807) is 6.20 Å². The molecule has 0 spiro atoms. The first-order valence-corrected chi connectivity index (χ1v) is 9.66. The molecule has 1 aromatic carbocycles. The van der Waals surface area contributed by atoms with Gasteiger partial charge in [-0.3, -0.25) is 14.5 Å². The predicted molar refractivity (Wildman–Crippen MR) is 107 cm³/mol. The third kappa shape index (κ3) is 4.97. The Bertz CT molecular complexity index is 986. The van der Waals surface area contributed by atoms with Crippen LogP contribution in [-0.4, -0.2) is 50.3 Å². The standard InChI is InChI=1S/C21H24N4O4/c26-19-14-25(21(27)23-19)11-5-10-24(12-16-6-2-1-3-7-16)13-17-15-28-18-8-4-9-22-20(18)29-17/h1-4,6-9,14,17,26H,5,10-13,15H2,(H,23,27). The highest BCUT2D eigenvalue weighted by molar-refractivity contribution is 5.34. The lowest BCUT2D eigenvalue weighted by atomic mass is 10.2. The largest absolute Gasteiger partial charge is 0.493 e. The lowest BCUT2D eigenvalue weighted by Crippen LogP contribution is -2.41. The van der Waals surface area contributed by atoms with Crippen molar-refractivity contribution in [1.82, 2.24) is 19.4 Å². The van der Waals surface area contributed by atoms with Crippen molar-refractivity contribution in [3.8, 4) is 17.5 Å². The number of aryl methyl sites for hydroxylation is 1. The van der Waals surface area contributed by atoms with Gasteiger partial charge in [-0.15, -0.1) is 0 Å². The van der Waals surface area contributed by atoms with E-state index in [4.69, 9.17) is 9.47 Å². The zero-order valence-electron chi connectivity index (χ0n) is 16.0. The highest BCUT2D eigenvalue weighted by Crippen LogP contribution is 2.28. The van der Waals surface area contributed by atoms with E-state index in [-0.39, 0.29) is 17.7 Å². The molecule has 152 valence electrons. The van der Waals surface area contributed by atoms with Crippen LogP contribution in [0.5, 0.6) is 17.5 Å². The molecule has 1 atom stereocenters. The normalized spacial score (nSPS) is 15.6. The van der Waals surface area contributed by atoms with E-state index >= 15 is 0 Å². The van der Waals surface area contributed by atoms with Gasteiger partial charge in [0, 0.05) is 32.4 Å². The van der Waals surface area contributed by atoms with Crippen LogP contribution in [0.15, 0.2) is 59.7 Å². The van der Waals surface area contributed by atoms with Crippen molar-refractivity contribution in [2.75, 3.05) is 19.7 Å². The van der Waals surface area contributed by atoms with E-state index in [9.17, 15) is 9.90 Å². The lowest BCUT2D eigenvalue weighted by Gasteiger charge is -2.30. The lowest BCUT2D eigenvalue weighted by molar-refractivity contribution is 0.0511. The van der Waals surface area contributed by atoms with Crippen LogP contribution in [0.3, 0.4) is 0 Å². The van der Waals surface area contributed by atoms with Gasteiger partial charge in [-0.2, -0.15) is 0 Å². The number of rotatable bonds is 8. The zero-order valence-corrected chi connectivity index (χ0v) is 16.0. The van der Waals surface area contributed by atoms with Gasteiger partial charge in [0.1, 0.15) is 12.7 Å². The van der Waals surface area contributed by atoms with Gasteiger partial charge < -0.3 is 14.6 Å². The number of ether oxygens (including phenoxy) is 2. The van der Waals surface area contributed by atoms with Crippen molar-refractivity contribution in [1.29, 1.82) is 0 Å². The van der Waals surface area contributed by atoms with Crippen molar-refractivity contribution < 1.29 is 14.6 Å². The van der Waals surface area contributed by atoms with Crippen molar-refractivity contribution in [3.63, 3.8) is 0 Å². The Hall–Kier alpha value is -3.26. The van der Waals surface area contributed by atoms with Crippen molar-refractivity contribution in [3.05, 3.63) is 70.9 Å². The minimum absolute atomic E-state index is 0.116. The summed E-state index contributed by atoms with van der Waals surface area (Å²) in [5.41, 5.74) is 0.906. The summed E-state index contributed by atoms with van der Waals surface area (Å²) in [6.45, 7) is 3.20. The Morgan fingerprint density at radius 3 is 2.90 bits per heavy atom. The molecule has 0 saturated heterocycles. The Kier molecular flexibility index (Phi) is 5.81. The van der Waals surface area contributed by atoms with Crippen LogP contribution >= 0.6 is 0 Å². The fourth-order valence-corrected chi connectivity index (χ4v) is 3.45. The molecule has 2 N–H and O–H groups in total. The summed E-state index contributed by atoms with van der Waals surface area (Å²) in [6.07, 6.45) is 3.74. The molecule has 0 fully saturated rings. The summed E-state index contributed by atoms with van der Waals surface area (Å²) >= 11 is 0. The first-order valence-electron chi connectivity index (χ1n) is 9.66. The number of benzene rings is 1. The molecule has 0 bridgehead atoms. The molecule has 1 aliphatic heterocycles. The first kappa shape index (κ1) is 19.1. The summed E-state index contributed by atoms with van der Waals surface area (Å²) in [7, 11) is 0. The molecule has 1 aliphatic rings. The first-order chi connectivity index (χ1) is 14.2. The molecule has 8 heteroatoms. The van der Waals surface area contributed by atoms with Gasteiger partial charge in [0.2, 0.25) is 5.88 Å². The smallest absolute Gasteiger partial charge is 0.328 e. The van der Waals surface area contributed by atoms with Gasteiger partial charge in [0.25, 0.3) is 5.88 Å². The van der Waals surface area contributed by atoms with Crippen LogP contribution in [0.2, 0.25) is 0 Å². The van der Waals surface area contributed by atoms with E-state index < -0.39 is 0 Å². The summed E-state index contributed by atoms with van der Waals surface area (Å²) in [6, 6.07) is 13.9. The molecule has 0 saturated carbocycles. The summed E-state index contributed by atoms with van der Waals surface area (Å²) in [5, 5.41) is 9.41. The number of nitrogens with one attached hydrogen (secondary N) is 1. The number of nitrogens with zero attached hydrogens (tertiary/aromatic N) is 3. The number of aromatic amines is 1. The maximum atomic E-state index is 11.7. The highest BCUT2D eigenvalue weighted by Gasteiger charge is 2.24. The molecule has 29 heavy (non-hydrogen) atoms. The van der Waals surface area contributed by atoms with E-state index in [0.717, 1.165) is 19.5 Å². The average Bonchev–Trinajstić information content (AvgIpc) is 3.05. The van der Waals surface area contributed by atoms with Gasteiger partial charge in [-0.25, -0.2) is 9.78 Å². The maximum absolute atomic E-state index is 11.7. The van der Waals surface area contributed by atoms with Gasteiger partial charge in [-0.05, 0) is 24.1 Å². The van der Waals surface area contributed by atoms with Crippen LogP contribution in [0.1, 0.15) is 12.0 Å². The van der Waals surface area contributed by atoms with E-state index in [0.29, 0.717) is 31.3 Å². The molecule has 0 amide bonds. The number of imidazole rings is 1. The molecule has 8 nitrogen and oxygen atoms in total. The van der Waals surface area contributed by atoms with Crippen LogP contribution in [-0.2, 0) is 13.1 Å². The topological polar surface area (TPSA) is 92.6 Å². The SMILES string of the molecule is O=c1[nH]c(O)cn1CCCN(Cc1ccccc1)CC1COc2cccnc2O1. The molecule has 0 aliphatic carbocycles. The third-order valence-electron chi connectivity index (χ3n) is 4.80. The summed E-state index contributed by atoms with van der Waals surface area (Å²) in [5.74, 6) is 1.08. The fraction of sp³-hybridized carbons (Fsp3) is 0.333.